The number of H-pyrrole nitrogens is 2. The summed E-state index contributed by atoms with van der Waals surface area (Å²) >= 11 is 0. The summed E-state index contributed by atoms with van der Waals surface area (Å²) in [4.78, 5) is 16.4. The van der Waals surface area contributed by atoms with E-state index in [1.54, 1.807) is 6.07 Å². The first-order valence-corrected chi connectivity index (χ1v) is 8.94. The number of ether oxygens (including phenoxy) is 1. The molecule has 0 saturated heterocycles. The maximum Gasteiger partial charge on any atom is 0.224 e. The van der Waals surface area contributed by atoms with E-state index in [0.717, 1.165) is 22.3 Å². The largest absolute Gasteiger partial charge is 0.502 e. The van der Waals surface area contributed by atoms with Gasteiger partial charge >= 0.3 is 0 Å². The van der Waals surface area contributed by atoms with E-state index >= 15 is 0 Å². The molecule has 0 unspecified atom stereocenters. The smallest absolute Gasteiger partial charge is 0.224 e. The summed E-state index contributed by atoms with van der Waals surface area (Å²) in [6.07, 6.45) is 1.89. The number of benzene rings is 2. The molecule has 5 aromatic rings. The molecule has 0 aliphatic rings. The fourth-order valence-corrected chi connectivity index (χ4v) is 3.48. The van der Waals surface area contributed by atoms with Crippen molar-refractivity contribution >= 4 is 33.1 Å². The Morgan fingerprint density at radius 2 is 1.86 bits per heavy atom. The predicted octanol–water partition coefficient (Wildman–Crippen LogP) is 4.31. The summed E-state index contributed by atoms with van der Waals surface area (Å²) in [5, 5.41) is 17.6. The number of fused-ring (bicyclic) bond motifs is 4. The minimum atomic E-state index is -0.484. The van der Waals surface area contributed by atoms with Gasteiger partial charge in [0.25, 0.3) is 0 Å². The number of aromatic hydroxyl groups is 1. The van der Waals surface area contributed by atoms with Gasteiger partial charge in [-0.25, -0.2) is 4.98 Å². The molecule has 0 aliphatic carbocycles. The van der Waals surface area contributed by atoms with E-state index in [-0.39, 0.29) is 11.7 Å². The maximum atomic E-state index is 11.8. The second-order valence-corrected chi connectivity index (χ2v) is 6.92. The lowest BCUT2D eigenvalue weighted by Gasteiger charge is -2.10. The lowest BCUT2D eigenvalue weighted by atomic mass is 10.0. The molecule has 28 heavy (non-hydrogen) atoms. The van der Waals surface area contributed by atoms with Crippen molar-refractivity contribution in [1.29, 1.82) is 0 Å². The second kappa shape index (κ2) is 5.88. The fourth-order valence-electron chi connectivity index (χ4n) is 3.48. The second-order valence-electron chi connectivity index (χ2n) is 6.92. The standard InChI is InChI=1S/C21H17N3O4/c1-10(2)27-12-5-3-11(4-6-12)16-14-9-22-24-21(14)23-17-13-7-8-15(25)18(26)19(13)28-20(16)17/h3-10,26H,1-2H3,(H2,22,23,24). The van der Waals surface area contributed by atoms with Crippen LogP contribution in [0.4, 0.5) is 0 Å². The van der Waals surface area contributed by atoms with Gasteiger partial charge in [0.1, 0.15) is 11.3 Å². The fraction of sp³-hybridized carbons (Fsp3) is 0.143. The third-order valence-electron chi connectivity index (χ3n) is 4.67. The number of phenols is 1. The maximum absolute atomic E-state index is 11.8. The number of nitrogens with one attached hydrogen (secondary N) is 2. The quantitative estimate of drug-likeness (QED) is 0.436. The summed E-state index contributed by atoms with van der Waals surface area (Å²) in [6, 6.07) is 10.6. The van der Waals surface area contributed by atoms with Crippen LogP contribution in [0.1, 0.15) is 13.8 Å². The van der Waals surface area contributed by atoms with Crippen LogP contribution in [-0.4, -0.2) is 26.4 Å². The van der Waals surface area contributed by atoms with Crippen molar-refractivity contribution in [2.24, 2.45) is 0 Å². The Kier molecular flexibility index (Phi) is 3.45. The molecule has 0 radical (unpaired) electrons. The lowest BCUT2D eigenvalue weighted by molar-refractivity contribution is 0.242. The third kappa shape index (κ3) is 2.36. The molecular weight excluding hydrogens is 358 g/mol. The van der Waals surface area contributed by atoms with E-state index in [1.807, 2.05) is 44.3 Å². The van der Waals surface area contributed by atoms with E-state index in [1.165, 1.54) is 6.07 Å². The van der Waals surface area contributed by atoms with Gasteiger partial charge in [0, 0.05) is 17.1 Å². The Hall–Kier alpha value is -3.74. The van der Waals surface area contributed by atoms with E-state index in [4.69, 9.17) is 9.15 Å². The zero-order valence-electron chi connectivity index (χ0n) is 15.2. The van der Waals surface area contributed by atoms with Crippen LogP contribution in [0.5, 0.6) is 11.5 Å². The molecule has 5 rings (SSSR count). The van der Waals surface area contributed by atoms with E-state index < -0.39 is 11.2 Å². The van der Waals surface area contributed by atoms with Crippen molar-refractivity contribution in [1.82, 2.24) is 15.2 Å². The Bertz CT molecular complexity index is 1390. The Labute approximate surface area is 158 Å². The van der Waals surface area contributed by atoms with Crippen LogP contribution in [-0.2, 0) is 0 Å². The van der Waals surface area contributed by atoms with Crippen LogP contribution in [0.3, 0.4) is 0 Å². The molecule has 7 heteroatoms. The average molecular weight is 375 g/mol. The summed E-state index contributed by atoms with van der Waals surface area (Å²) in [6.45, 7) is 3.95. The number of nitrogens with zero attached hydrogens (tertiary/aromatic N) is 1. The molecule has 0 fully saturated rings. The molecule has 2 aromatic carbocycles. The van der Waals surface area contributed by atoms with Gasteiger partial charge in [0.05, 0.1) is 11.5 Å². The summed E-state index contributed by atoms with van der Waals surface area (Å²) in [5.74, 6) is 0.372. The molecule has 7 nitrogen and oxygen atoms in total. The van der Waals surface area contributed by atoms with Crippen molar-refractivity contribution in [2.75, 3.05) is 0 Å². The molecule has 0 atom stereocenters. The summed E-state index contributed by atoms with van der Waals surface area (Å²) in [5.41, 5.74) is 3.12. The van der Waals surface area contributed by atoms with Gasteiger partial charge in [-0.15, -0.1) is 0 Å². The number of aromatic amines is 2. The molecule has 3 N–H and O–H groups in total. The molecule has 3 heterocycles. The number of rotatable bonds is 3. The Morgan fingerprint density at radius 3 is 2.61 bits per heavy atom. The topological polar surface area (TPSA) is 104 Å². The van der Waals surface area contributed by atoms with E-state index in [9.17, 15) is 9.90 Å². The molecule has 0 bridgehead atoms. The van der Waals surface area contributed by atoms with Crippen molar-refractivity contribution in [3.05, 3.63) is 52.8 Å². The molecule has 0 aliphatic heterocycles. The van der Waals surface area contributed by atoms with Gasteiger partial charge in [-0.1, -0.05) is 12.1 Å². The Balaban J connectivity index is 1.84. The Morgan fingerprint density at radius 1 is 1.07 bits per heavy atom. The number of hydrogen-bond acceptors (Lipinski definition) is 5. The van der Waals surface area contributed by atoms with Crippen LogP contribution in [0.15, 0.2) is 51.8 Å². The highest BCUT2D eigenvalue weighted by Crippen LogP contribution is 2.40. The van der Waals surface area contributed by atoms with E-state index in [2.05, 4.69) is 15.2 Å². The van der Waals surface area contributed by atoms with Crippen LogP contribution >= 0.6 is 0 Å². The van der Waals surface area contributed by atoms with Crippen LogP contribution in [0.2, 0.25) is 0 Å². The number of furan rings is 1. The first kappa shape index (κ1) is 16.4. The lowest BCUT2D eigenvalue weighted by Crippen LogP contribution is -2.05. The summed E-state index contributed by atoms with van der Waals surface area (Å²) < 4.78 is 11.7. The highest BCUT2D eigenvalue weighted by molar-refractivity contribution is 6.15. The van der Waals surface area contributed by atoms with Gasteiger partial charge in [-0.05, 0) is 43.7 Å². The number of hydrogen-bond donors (Lipinski definition) is 3. The SMILES string of the molecule is CC(C)Oc1ccc(-c2c3c[nH][nH]c3nc3c2oc2c(O)c(=O)ccc23)cc1. The average Bonchev–Trinajstić information content (AvgIpc) is 3.28. The van der Waals surface area contributed by atoms with Gasteiger partial charge in [-0.2, -0.15) is 0 Å². The van der Waals surface area contributed by atoms with Crippen molar-refractivity contribution < 1.29 is 14.3 Å². The molecular formula is C21H17N3O4. The van der Waals surface area contributed by atoms with Crippen LogP contribution in [0, 0.1) is 0 Å². The number of phenolic OH excluding ortho intramolecular Hbond substituents is 1. The predicted molar refractivity (Wildman–Crippen MR) is 107 cm³/mol. The molecule has 3 aromatic heterocycles. The molecule has 140 valence electrons. The van der Waals surface area contributed by atoms with E-state index in [0.29, 0.717) is 22.1 Å². The third-order valence-corrected chi connectivity index (χ3v) is 4.67. The minimum absolute atomic E-state index is 0.0871. The molecule has 0 saturated carbocycles. The zero-order valence-corrected chi connectivity index (χ0v) is 15.2. The van der Waals surface area contributed by atoms with Crippen molar-refractivity contribution in [3.8, 4) is 22.6 Å². The number of pyridine rings is 1. The van der Waals surface area contributed by atoms with Gasteiger partial charge in [-0.3, -0.25) is 9.89 Å². The first-order valence-electron chi connectivity index (χ1n) is 8.94. The first-order chi connectivity index (χ1) is 13.5. The van der Waals surface area contributed by atoms with Crippen LogP contribution in [0.25, 0.3) is 44.2 Å². The van der Waals surface area contributed by atoms with Crippen molar-refractivity contribution in [3.63, 3.8) is 0 Å². The van der Waals surface area contributed by atoms with Gasteiger partial charge in [0.15, 0.2) is 16.8 Å². The van der Waals surface area contributed by atoms with Gasteiger partial charge < -0.3 is 19.4 Å². The van der Waals surface area contributed by atoms with Gasteiger partial charge in [0.2, 0.25) is 11.2 Å². The number of aromatic nitrogens is 3. The molecule has 0 amide bonds. The normalized spacial score (nSPS) is 11.8. The zero-order chi connectivity index (χ0) is 19.4. The minimum Gasteiger partial charge on any atom is -0.502 e. The molecule has 0 spiro atoms. The van der Waals surface area contributed by atoms with Crippen molar-refractivity contribution in [2.45, 2.75) is 20.0 Å². The van der Waals surface area contributed by atoms with Crippen LogP contribution < -0.4 is 10.2 Å². The summed E-state index contributed by atoms with van der Waals surface area (Å²) in [7, 11) is 0. The highest BCUT2D eigenvalue weighted by Gasteiger charge is 2.21. The monoisotopic (exact) mass is 375 g/mol. The highest BCUT2D eigenvalue weighted by atomic mass is 16.5.